The molecular weight excluding hydrogens is 347 g/mol. The minimum atomic E-state index is -0.116. The van der Waals surface area contributed by atoms with Crippen molar-refractivity contribution in [1.82, 2.24) is 5.32 Å². The lowest BCUT2D eigenvalue weighted by atomic mass is 9.93. The summed E-state index contributed by atoms with van der Waals surface area (Å²) in [5.74, 6) is 0.816. The van der Waals surface area contributed by atoms with Gasteiger partial charge in [-0.15, -0.1) is 0 Å². The van der Waals surface area contributed by atoms with Crippen LogP contribution >= 0.6 is 23.2 Å². The van der Waals surface area contributed by atoms with Crippen molar-refractivity contribution in [2.45, 2.75) is 44.7 Å². The molecule has 0 radical (unpaired) electrons. The predicted molar refractivity (Wildman–Crippen MR) is 98.0 cm³/mol. The maximum absolute atomic E-state index is 12.7. The fourth-order valence-corrected chi connectivity index (χ4v) is 3.93. The summed E-state index contributed by atoms with van der Waals surface area (Å²) in [5, 5.41) is 4.49. The third kappa shape index (κ3) is 4.23. The Bertz CT molecular complexity index is 590. The first-order chi connectivity index (χ1) is 11.5. The first-order valence-electron chi connectivity index (χ1n) is 8.65. The maximum Gasteiger partial charge on any atom is 0.244 e. The van der Waals surface area contributed by atoms with Crippen molar-refractivity contribution in [3.05, 3.63) is 28.2 Å². The van der Waals surface area contributed by atoms with Gasteiger partial charge in [0.15, 0.2) is 0 Å². The van der Waals surface area contributed by atoms with Crippen molar-refractivity contribution in [3.63, 3.8) is 0 Å². The highest BCUT2D eigenvalue weighted by Gasteiger charge is 2.33. The van der Waals surface area contributed by atoms with Gasteiger partial charge in [-0.1, -0.05) is 23.2 Å². The zero-order chi connectivity index (χ0) is 17.1. The Morgan fingerprint density at radius 1 is 1.25 bits per heavy atom. The van der Waals surface area contributed by atoms with Gasteiger partial charge in [-0.3, -0.25) is 4.79 Å². The van der Waals surface area contributed by atoms with Crippen molar-refractivity contribution < 1.29 is 9.53 Å². The number of nitrogens with one attached hydrogen (secondary N) is 1. The minimum absolute atomic E-state index is 0.116. The second kappa shape index (κ2) is 8.05. The zero-order valence-corrected chi connectivity index (χ0v) is 15.4. The first kappa shape index (κ1) is 18.0. The number of rotatable bonds is 5. The molecule has 0 saturated carbocycles. The lowest BCUT2D eigenvalue weighted by molar-refractivity contribution is -0.119. The van der Waals surface area contributed by atoms with E-state index in [2.05, 4.69) is 12.2 Å². The second-order valence-electron chi connectivity index (χ2n) is 6.79. The van der Waals surface area contributed by atoms with E-state index in [9.17, 15) is 4.79 Å². The van der Waals surface area contributed by atoms with Crippen LogP contribution in [0.25, 0.3) is 0 Å². The third-order valence-corrected chi connectivity index (χ3v) is 5.67. The van der Waals surface area contributed by atoms with Crippen LogP contribution in [0.15, 0.2) is 18.2 Å². The van der Waals surface area contributed by atoms with E-state index >= 15 is 0 Å². The lowest BCUT2D eigenvalue weighted by Gasteiger charge is -2.27. The lowest BCUT2D eigenvalue weighted by Crippen LogP contribution is -2.43. The molecule has 3 rings (SSSR count). The topological polar surface area (TPSA) is 41.6 Å². The number of anilines is 1. The highest BCUT2D eigenvalue weighted by atomic mass is 35.5. The van der Waals surface area contributed by atoms with Crippen molar-refractivity contribution >= 4 is 34.8 Å². The summed E-state index contributed by atoms with van der Waals surface area (Å²) in [6.07, 6.45) is 4.16. The Labute approximate surface area is 153 Å². The molecule has 0 aromatic heterocycles. The molecule has 6 heteroatoms. The smallest absolute Gasteiger partial charge is 0.244 e. The van der Waals surface area contributed by atoms with Crippen LogP contribution in [-0.2, 0) is 9.53 Å². The number of hydrogen-bond acceptors (Lipinski definition) is 3. The van der Waals surface area contributed by atoms with Gasteiger partial charge < -0.3 is 15.0 Å². The van der Waals surface area contributed by atoms with Crippen molar-refractivity contribution in [2.24, 2.45) is 5.92 Å². The second-order valence-corrected chi connectivity index (χ2v) is 7.60. The average molecular weight is 371 g/mol. The summed E-state index contributed by atoms with van der Waals surface area (Å²) in [6, 6.07) is 5.56. The van der Waals surface area contributed by atoms with Gasteiger partial charge in [0.05, 0.1) is 16.1 Å². The van der Waals surface area contributed by atoms with Gasteiger partial charge in [-0.25, -0.2) is 0 Å². The van der Waals surface area contributed by atoms with E-state index in [0.29, 0.717) is 28.5 Å². The Balaban J connectivity index is 1.56. The standard InChI is InChI=1S/C18H24Cl2N2O2/c1-12(10-13-5-8-24-9-6-13)21-17-4-7-22(18(17)23)14-2-3-15(19)16(20)11-14/h2-3,11-13,17,21H,4-10H2,1H3/t12-,17-/m0/s1. The monoisotopic (exact) mass is 370 g/mol. The van der Waals surface area contributed by atoms with E-state index in [4.69, 9.17) is 27.9 Å². The Kier molecular flexibility index (Phi) is 6.03. The normalized spacial score (nSPS) is 23.7. The summed E-state index contributed by atoms with van der Waals surface area (Å²) in [5.41, 5.74) is 0.816. The molecule has 0 bridgehead atoms. The summed E-state index contributed by atoms with van der Waals surface area (Å²) >= 11 is 12.0. The van der Waals surface area contributed by atoms with Crippen LogP contribution in [0.2, 0.25) is 10.0 Å². The van der Waals surface area contributed by atoms with Crippen LogP contribution in [-0.4, -0.2) is 37.7 Å². The quantitative estimate of drug-likeness (QED) is 0.854. The van der Waals surface area contributed by atoms with Crippen molar-refractivity contribution in [1.29, 1.82) is 0 Å². The van der Waals surface area contributed by atoms with E-state index in [0.717, 1.165) is 44.6 Å². The fourth-order valence-electron chi connectivity index (χ4n) is 3.64. The molecular formula is C18H24Cl2N2O2. The number of carbonyl (C=O) groups excluding carboxylic acids is 1. The molecule has 1 amide bonds. The molecule has 2 saturated heterocycles. The van der Waals surface area contributed by atoms with E-state index in [1.54, 1.807) is 17.0 Å². The zero-order valence-electron chi connectivity index (χ0n) is 13.9. The Hall–Kier alpha value is -0.810. The SMILES string of the molecule is C[C@@H](CC1CCOCC1)N[C@H]1CCN(c2ccc(Cl)c(Cl)c2)C1=O. The molecule has 1 aromatic carbocycles. The number of amides is 1. The summed E-state index contributed by atoms with van der Waals surface area (Å²) < 4.78 is 5.41. The number of hydrogen-bond donors (Lipinski definition) is 1. The molecule has 2 heterocycles. The largest absolute Gasteiger partial charge is 0.381 e. The van der Waals surface area contributed by atoms with Crippen molar-refractivity contribution in [2.75, 3.05) is 24.7 Å². The highest BCUT2D eigenvalue weighted by molar-refractivity contribution is 6.42. The van der Waals surface area contributed by atoms with Gasteiger partial charge in [0.1, 0.15) is 0 Å². The summed E-state index contributed by atoms with van der Waals surface area (Å²) in [7, 11) is 0. The van der Waals surface area contributed by atoms with E-state index in [-0.39, 0.29) is 11.9 Å². The number of benzene rings is 1. The summed E-state index contributed by atoms with van der Waals surface area (Å²) in [4.78, 5) is 14.5. The molecule has 1 N–H and O–H groups in total. The number of carbonyl (C=O) groups is 1. The van der Waals surface area contributed by atoms with Crippen LogP contribution in [0.5, 0.6) is 0 Å². The molecule has 0 spiro atoms. The van der Waals surface area contributed by atoms with E-state index < -0.39 is 0 Å². The van der Waals surface area contributed by atoms with Gasteiger partial charge in [-0.2, -0.15) is 0 Å². The Morgan fingerprint density at radius 3 is 2.71 bits per heavy atom. The molecule has 4 nitrogen and oxygen atoms in total. The van der Waals surface area contributed by atoms with Crippen LogP contribution < -0.4 is 10.2 Å². The van der Waals surface area contributed by atoms with Gasteiger partial charge in [-0.05, 0) is 56.7 Å². The molecule has 2 fully saturated rings. The van der Waals surface area contributed by atoms with Gasteiger partial charge in [0.2, 0.25) is 5.91 Å². The molecule has 0 aliphatic carbocycles. The number of ether oxygens (including phenoxy) is 1. The number of halogens is 2. The molecule has 1 aromatic rings. The van der Waals surface area contributed by atoms with Crippen LogP contribution in [0.3, 0.4) is 0 Å². The van der Waals surface area contributed by atoms with Gasteiger partial charge in [0, 0.05) is 31.5 Å². The average Bonchev–Trinajstić information content (AvgIpc) is 2.92. The predicted octanol–water partition coefficient (Wildman–Crippen LogP) is 3.89. The Morgan fingerprint density at radius 2 is 2.00 bits per heavy atom. The van der Waals surface area contributed by atoms with Crippen LogP contribution in [0.4, 0.5) is 5.69 Å². The fraction of sp³-hybridized carbons (Fsp3) is 0.611. The van der Waals surface area contributed by atoms with Gasteiger partial charge >= 0.3 is 0 Å². The van der Waals surface area contributed by atoms with Crippen LogP contribution in [0.1, 0.15) is 32.6 Å². The van der Waals surface area contributed by atoms with E-state index in [1.165, 1.54) is 0 Å². The number of nitrogens with zero attached hydrogens (tertiary/aromatic N) is 1. The highest BCUT2D eigenvalue weighted by Crippen LogP contribution is 2.30. The molecule has 132 valence electrons. The summed E-state index contributed by atoms with van der Waals surface area (Å²) in [6.45, 7) is 4.61. The maximum atomic E-state index is 12.7. The van der Waals surface area contributed by atoms with Crippen LogP contribution in [0, 0.1) is 5.92 Å². The molecule has 2 aliphatic rings. The molecule has 2 aliphatic heterocycles. The molecule has 2 atom stereocenters. The molecule has 0 unspecified atom stereocenters. The van der Waals surface area contributed by atoms with E-state index in [1.807, 2.05) is 6.07 Å². The van der Waals surface area contributed by atoms with Crippen molar-refractivity contribution in [3.8, 4) is 0 Å². The molecule has 24 heavy (non-hydrogen) atoms. The van der Waals surface area contributed by atoms with Gasteiger partial charge in [0.25, 0.3) is 0 Å². The minimum Gasteiger partial charge on any atom is -0.381 e. The first-order valence-corrected chi connectivity index (χ1v) is 9.40. The third-order valence-electron chi connectivity index (χ3n) is 4.93.